The number of rotatable bonds is 4. The fourth-order valence-corrected chi connectivity index (χ4v) is 2.84. The van der Waals surface area contributed by atoms with E-state index >= 15 is 0 Å². The van der Waals surface area contributed by atoms with Crippen LogP contribution in [0.3, 0.4) is 0 Å². The molecule has 1 aliphatic carbocycles. The Balaban J connectivity index is 1.57. The monoisotopic (exact) mass is 366 g/mol. The van der Waals surface area contributed by atoms with Crippen LogP contribution in [0.25, 0.3) is 0 Å². The summed E-state index contributed by atoms with van der Waals surface area (Å²) in [5.74, 6) is -0.354. The molecule has 0 saturated heterocycles. The van der Waals surface area contributed by atoms with Crippen molar-refractivity contribution in [2.45, 2.75) is 18.5 Å². The second-order valence-electron chi connectivity index (χ2n) is 5.86. The quantitative estimate of drug-likeness (QED) is 0.623. The van der Waals surface area contributed by atoms with Gasteiger partial charge in [-0.25, -0.2) is 5.43 Å². The number of carbonyl (C=O) groups is 1. The van der Waals surface area contributed by atoms with Crippen molar-refractivity contribution < 1.29 is 18.0 Å². The summed E-state index contributed by atoms with van der Waals surface area (Å²) in [7, 11) is 0. The number of alkyl halides is 3. The summed E-state index contributed by atoms with van der Waals surface area (Å²) < 4.78 is 37.9. The van der Waals surface area contributed by atoms with Gasteiger partial charge in [0.2, 0.25) is 5.91 Å². The smallest absolute Gasteiger partial charge is 0.273 e. The summed E-state index contributed by atoms with van der Waals surface area (Å²) in [6, 6.07) is 12.1. The van der Waals surface area contributed by atoms with E-state index in [9.17, 15) is 18.0 Å². The van der Waals surface area contributed by atoms with Crippen molar-refractivity contribution in [3.05, 3.63) is 70.2 Å². The lowest BCUT2D eigenvalue weighted by atomic mass is 10.1. The molecule has 2 aromatic carbocycles. The molecule has 1 amide bonds. The van der Waals surface area contributed by atoms with E-state index in [1.54, 1.807) is 6.07 Å². The van der Waals surface area contributed by atoms with Crippen LogP contribution < -0.4 is 5.43 Å². The van der Waals surface area contributed by atoms with E-state index in [0.717, 1.165) is 17.7 Å². The van der Waals surface area contributed by atoms with Crippen molar-refractivity contribution in [1.29, 1.82) is 0 Å². The van der Waals surface area contributed by atoms with Crippen LogP contribution in [0.5, 0.6) is 0 Å². The number of amides is 1. The molecule has 0 aliphatic heterocycles. The summed E-state index contributed by atoms with van der Waals surface area (Å²) in [5.41, 5.74) is 2.88. The molecular formula is C18H14ClF3N2O. The van der Waals surface area contributed by atoms with Gasteiger partial charge in [0, 0.05) is 10.9 Å². The molecule has 1 fully saturated rings. The summed E-state index contributed by atoms with van der Waals surface area (Å²) in [6.45, 7) is 0. The van der Waals surface area contributed by atoms with E-state index in [2.05, 4.69) is 10.5 Å². The van der Waals surface area contributed by atoms with Crippen molar-refractivity contribution in [2.24, 2.45) is 11.0 Å². The Morgan fingerprint density at radius 1 is 1.20 bits per heavy atom. The molecule has 1 N–H and O–H groups in total. The van der Waals surface area contributed by atoms with Crippen LogP contribution in [0.2, 0.25) is 5.02 Å². The normalized spacial score (nSPS) is 19.8. The van der Waals surface area contributed by atoms with Crippen molar-refractivity contribution in [3.8, 4) is 0 Å². The second kappa shape index (κ2) is 6.88. The molecule has 2 atom stereocenters. The Morgan fingerprint density at radius 3 is 2.68 bits per heavy atom. The van der Waals surface area contributed by atoms with E-state index in [4.69, 9.17) is 11.6 Å². The van der Waals surface area contributed by atoms with Crippen LogP contribution in [0, 0.1) is 5.92 Å². The average molecular weight is 367 g/mol. The topological polar surface area (TPSA) is 41.5 Å². The lowest BCUT2D eigenvalue weighted by Crippen LogP contribution is -2.20. The zero-order chi connectivity index (χ0) is 18.0. The van der Waals surface area contributed by atoms with Gasteiger partial charge in [0.05, 0.1) is 11.8 Å². The summed E-state index contributed by atoms with van der Waals surface area (Å²) in [4.78, 5) is 12.1. The predicted octanol–water partition coefficient (Wildman–Crippen LogP) is 4.61. The summed E-state index contributed by atoms with van der Waals surface area (Å²) >= 11 is 5.94. The lowest BCUT2D eigenvalue weighted by molar-refractivity contribution is -0.137. The largest absolute Gasteiger partial charge is 0.416 e. The van der Waals surface area contributed by atoms with Crippen LogP contribution in [-0.2, 0) is 11.0 Å². The van der Waals surface area contributed by atoms with Gasteiger partial charge < -0.3 is 0 Å². The molecule has 0 bridgehead atoms. The van der Waals surface area contributed by atoms with Gasteiger partial charge in [0.15, 0.2) is 0 Å². The number of hydrazone groups is 1. The highest BCUT2D eigenvalue weighted by molar-refractivity contribution is 6.30. The molecule has 130 valence electrons. The van der Waals surface area contributed by atoms with Crippen LogP contribution in [0.4, 0.5) is 13.2 Å². The first-order valence-electron chi connectivity index (χ1n) is 7.60. The molecule has 2 aromatic rings. The summed E-state index contributed by atoms with van der Waals surface area (Å²) in [5, 5.41) is 4.37. The Hall–Kier alpha value is -2.34. The zero-order valence-corrected chi connectivity index (χ0v) is 13.7. The highest BCUT2D eigenvalue weighted by Gasteiger charge is 2.44. The molecule has 7 heteroatoms. The van der Waals surface area contributed by atoms with Gasteiger partial charge in [-0.2, -0.15) is 18.3 Å². The second-order valence-corrected chi connectivity index (χ2v) is 6.30. The predicted molar refractivity (Wildman–Crippen MR) is 89.5 cm³/mol. The summed E-state index contributed by atoms with van der Waals surface area (Å²) in [6.07, 6.45) is -2.51. The number of halogens is 4. The van der Waals surface area contributed by atoms with Crippen LogP contribution >= 0.6 is 11.6 Å². The molecule has 3 nitrogen and oxygen atoms in total. The molecule has 0 spiro atoms. The van der Waals surface area contributed by atoms with Crippen molar-refractivity contribution >= 4 is 23.7 Å². The number of carbonyl (C=O) groups excluding carboxylic acids is 1. The lowest BCUT2D eigenvalue weighted by Gasteiger charge is -2.06. The van der Waals surface area contributed by atoms with E-state index in [-0.39, 0.29) is 23.3 Å². The number of benzene rings is 2. The number of hydrogen-bond donors (Lipinski definition) is 1. The van der Waals surface area contributed by atoms with Crippen LogP contribution in [-0.4, -0.2) is 12.1 Å². The first kappa shape index (κ1) is 17.5. The van der Waals surface area contributed by atoms with Gasteiger partial charge >= 0.3 is 6.18 Å². The van der Waals surface area contributed by atoms with E-state index in [1.165, 1.54) is 18.3 Å². The minimum absolute atomic E-state index is 0.0995. The fraction of sp³-hybridized carbons (Fsp3) is 0.222. The van der Waals surface area contributed by atoms with Gasteiger partial charge in [-0.05, 0) is 47.7 Å². The van der Waals surface area contributed by atoms with Crippen LogP contribution in [0.15, 0.2) is 53.6 Å². The number of nitrogens with zero attached hydrogens (tertiary/aromatic N) is 1. The van der Waals surface area contributed by atoms with E-state index in [1.807, 2.05) is 18.2 Å². The van der Waals surface area contributed by atoms with Crippen molar-refractivity contribution in [3.63, 3.8) is 0 Å². The zero-order valence-electron chi connectivity index (χ0n) is 12.9. The van der Waals surface area contributed by atoms with E-state index in [0.29, 0.717) is 11.4 Å². The molecule has 2 unspecified atom stereocenters. The maximum atomic E-state index is 12.6. The SMILES string of the molecule is O=C(NN=Cc1cccc(C(F)(F)F)c1)C1CC1c1cccc(Cl)c1. The molecule has 0 radical (unpaired) electrons. The Morgan fingerprint density at radius 2 is 1.96 bits per heavy atom. The third kappa shape index (κ3) is 4.39. The molecule has 1 saturated carbocycles. The minimum Gasteiger partial charge on any atom is -0.273 e. The molecule has 1 aliphatic rings. The molecule has 25 heavy (non-hydrogen) atoms. The van der Waals surface area contributed by atoms with Crippen molar-refractivity contribution in [1.82, 2.24) is 5.43 Å². The molecule has 0 aromatic heterocycles. The highest BCUT2D eigenvalue weighted by Crippen LogP contribution is 2.47. The maximum absolute atomic E-state index is 12.6. The van der Waals surface area contributed by atoms with Gasteiger partial charge in [-0.1, -0.05) is 35.9 Å². The number of hydrogen-bond acceptors (Lipinski definition) is 2. The third-order valence-corrected chi connectivity index (χ3v) is 4.24. The van der Waals surface area contributed by atoms with Gasteiger partial charge in [-0.3, -0.25) is 4.79 Å². The molecule has 0 heterocycles. The van der Waals surface area contributed by atoms with Crippen molar-refractivity contribution in [2.75, 3.05) is 0 Å². The van der Waals surface area contributed by atoms with Gasteiger partial charge in [0.25, 0.3) is 0 Å². The first-order valence-corrected chi connectivity index (χ1v) is 7.98. The standard InChI is InChI=1S/C18H14ClF3N2O/c19-14-6-2-4-12(8-14)15-9-16(15)17(25)24-23-10-11-3-1-5-13(7-11)18(20,21)22/h1-8,10,15-16H,9H2,(H,24,25). The van der Waals surface area contributed by atoms with E-state index < -0.39 is 11.7 Å². The Kier molecular flexibility index (Phi) is 4.81. The van der Waals surface area contributed by atoms with Gasteiger partial charge in [-0.15, -0.1) is 0 Å². The first-order chi connectivity index (χ1) is 11.8. The maximum Gasteiger partial charge on any atom is 0.416 e. The molecular weight excluding hydrogens is 353 g/mol. The highest BCUT2D eigenvalue weighted by atomic mass is 35.5. The third-order valence-electron chi connectivity index (χ3n) is 4.01. The van der Waals surface area contributed by atoms with Crippen LogP contribution in [0.1, 0.15) is 29.0 Å². The average Bonchev–Trinajstić information content (AvgIpc) is 3.35. The number of nitrogens with one attached hydrogen (secondary N) is 1. The Bertz CT molecular complexity index is 820. The fourth-order valence-electron chi connectivity index (χ4n) is 2.64. The van der Waals surface area contributed by atoms with Gasteiger partial charge in [0.1, 0.15) is 0 Å². The molecule has 3 rings (SSSR count). The minimum atomic E-state index is -4.41. The Labute approximate surface area is 147 Å².